The van der Waals surface area contributed by atoms with E-state index in [4.69, 9.17) is 4.89 Å². The molecule has 0 saturated carbocycles. The van der Waals surface area contributed by atoms with Gasteiger partial charge in [-0.2, -0.15) is 4.89 Å². The van der Waals surface area contributed by atoms with E-state index < -0.39 is 8.03 Å². The summed E-state index contributed by atoms with van der Waals surface area (Å²) in [6.07, 6.45) is 0.840. The minimum atomic E-state index is -2.29. The summed E-state index contributed by atoms with van der Waals surface area (Å²) in [6.45, 7) is 1.70. The van der Waals surface area contributed by atoms with Gasteiger partial charge in [0.2, 0.25) is 0 Å². The summed E-state index contributed by atoms with van der Waals surface area (Å²) < 4.78 is 10.8. The molecule has 2 N–H and O–H groups in total. The highest BCUT2D eigenvalue weighted by Gasteiger charge is 2.21. The molecular weight excluding hydrogens is 223 g/mol. The first-order valence-electron chi connectivity index (χ1n) is 4.13. The molecule has 1 atom stereocenters. The molecule has 0 aromatic carbocycles. The Morgan fingerprint density at radius 3 is 3.00 bits per heavy atom. The van der Waals surface area contributed by atoms with Crippen molar-refractivity contribution < 1.29 is 9.46 Å². The number of pyridine rings is 1. The molecule has 1 aliphatic rings. The van der Waals surface area contributed by atoms with Crippen LogP contribution in [0.4, 0.5) is 0 Å². The van der Waals surface area contributed by atoms with Gasteiger partial charge in [-0.25, -0.2) is 4.98 Å². The Hall–Kier alpha value is -0.540. The molecule has 0 bridgehead atoms. The van der Waals surface area contributed by atoms with Gasteiger partial charge in [0, 0.05) is 25.6 Å². The fourth-order valence-corrected chi connectivity index (χ4v) is 1.84. The average Bonchev–Trinajstić information content (AvgIpc) is 2.17. The summed E-state index contributed by atoms with van der Waals surface area (Å²) >= 11 is 0. The topological polar surface area (TPSA) is 62.2 Å². The van der Waals surface area contributed by atoms with Crippen LogP contribution in [0.25, 0.3) is 0 Å². The molecule has 2 heterocycles. The highest BCUT2D eigenvalue weighted by atomic mass is 35.5. The van der Waals surface area contributed by atoms with Crippen molar-refractivity contribution in [2.45, 2.75) is 13.0 Å². The van der Waals surface area contributed by atoms with Crippen molar-refractivity contribution in [2.24, 2.45) is 0 Å². The summed E-state index contributed by atoms with van der Waals surface area (Å²) in [6, 6.07) is 3.48. The second-order valence-corrected chi connectivity index (χ2v) is 3.98. The van der Waals surface area contributed by atoms with E-state index in [2.05, 4.69) is 10.3 Å². The van der Waals surface area contributed by atoms with E-state index in [-0.39, 0.29) is 17.8 Å². The van der Waals surface area contributed by atoms with Crippen LogP contribution in [0.2, 0.25) is 0 Å². The lowest BCUT2D eigenvalue weighted by Crippen LogP contribution is -2.26. The lowest BCUT2D eigenvalue weighted by molar-refractivity contribution is 0.512. The first kappa shape index (κ1) is 11.5. The van der Waals surface area contributed by atoms with E-state index in [9.17, 15) is 4.57 Å². The molecule has 6 heteroatoms. The summed E-state index contributed by atoms with van der Waals surface area (Å²) in [4.78, 5) is 13.0. The van der Waals surface area contributed by atoms with Crippen molar-refractivity contribution in [3.05, 3.63) is 23.4 Å². The van der Waals surface area contributed by atoms with Gasteiger partial charge in [0.05, 0.1) is 5.69 Å². The van der Waals surface area contributed by atoms with Crippen LogP contribution < -0.4 is 10.8 Å². The van der Waals surface area contributed by atoms with Gasteiger partial charge in [-0.1, -0.05) is 0 Å². The molecule has 2 rings (SSSR count). The maximum Gasteiger partial charge on any atom is 0.566 e. The van der Waals surface area contributed by atoms with Crippen LogP contribution in [0.5, 0.6) is 0 Å². The first-order chi connectivity index (χ1) is 6.27. The number of rotatable bonds is 1. The minimum Gasteiger partial charge on any atom is -0.312 e. The number of nitrogens with one attached hydrogen (secondary N) is 1. The molecule has 0 saturated heterocycles. The van der Waals surface area contributed by atoms with Gasteiger partial charge in [0.25, 0.3) is 0 Å². The second kappa shape index (κ2) is 4.80. The van der Waals surface area contributed by atoms with E-state index >= 15 is 0 Å². The molecule has 1 unspecified atom stereocenters. The molecule has 14 heavy (non-hydrogen) atoms. The van der Waals surface area contributed by atoms with Gasteiger partial charge >= 0.3 is 13.5 Å². The Bertz CT molecular complexity index is 359. The lowest BCUT2D eigenvalue weighted by Gasteiger charge is -2.14. The van der Waals surface area contributed by atoms with Crippen molar-refractivity contribution in [1.82, 2.24) is 10.3 Å². The molecule has 0 radical (unpaired) electrons. The molecule has 0 amide bonds. The summed E-state index contributed by atoms with van der Waals surface area (Å²) in [7, 11) is -2.29. The van der Waals surface area contributed by atoms with E-state index in [0.717, 1.165) is 30.8 Å². The highest BCUT2D eigenvalue weighted by molar-refractivity contribution is 7.47. The Labute approximate surface area is 89.0 Å². The number of hydrogen-bond donors (Lipinski definition) is 2. The Kier molecular flexibility index (Phi) is 3.96. The van der Waals surface area contributed by atoms with E-state index in [1.54, 1.807) is 6.07 Å². The molecule has 1 aromatic heterocycles. The molecule has 0 spiro atoms. The zero-order valence-corrected chi connectivity index (χ0v) is 9.15. The molecule has 0 fully saturated rings. The van der Waals surface area contributed by atoms with Crippen LogP contribution in [0.3, 0.4) is 0 Å². The maximum absolute atomic E-state index is 10.8. The van der Waals surface area contributed by atoms with E-state index in [0.29, 0.717) is 0 Å². The average molecular weight is 234 g/mol. The third-order valence-corrected chi connectivity index (χ3v) is 2.74. The SMILES string of the molecule is Cl.O=[P+](O)c1ccc2c(n1)CCNC2. The van der Waals surface area contributed by atoms with Crippen LogP contribution >= 0.6 is 20.4 Å². The zero-order valence-electron chi connectivity index (χ0n) is 7.43. The lowest BCUT2D eigenvalue weighted by atomic mass is 10.1. The van der Waals surface area contributed by atoms with Crippen molar-refractivity contribution in [1.29, 1.82) is 0 Å². The summed E-state index contributed by atoms with van der Waals surface area (Å²) in [5, 5.41) is 3.21. The third kappa shape index (κ3) is 2.28. The fourth-order valence-electron chi connectivity index (χ4n) is 1.43. The third-order valence-electron chi connectivity index (χ3n) is 2.10. The second-order valence-electron chi connectivity index (χ2n) is 2.97. The van der Waals surface area contributed by atoms with Crippen molar-refractivity contribution in [3.8, 4) is 0 Å². The van der Waals surface area contributed by atoms with Crippen LogP contribution in [-0.4, -0.2) is 16.4 Å². The Balaban J connectivity index is 0.000000980. The number of halogens is 1. The summed E-state index contributed by atoms with van der Waals surface area (Å²) in [5.41, 5.74) is 2.37. The molecule has 4 nitrogen and oxygen atoms in total. The van der Waals surface area contributed by atoms with Crippen LogP contribution in [0.1, 0.15) is 11.3 Å². The van der Waals surface area contributed by atoms with E-state index in [1.807, 2.05) is 6.07 Å². The van der Waals surface area contributed by atoms with Crippen LogP contribution in [0.15, 0.2) is 12.1 Å². The highest BCUT2D eigenvalue weighted by Crippen LogP contribution is 2.15. The molecule has 76 valence electrons. The number of fused-ring (bicyclic) bond motifs is 1. The van der Waals surface area contributed by atoms with Crippen molar-refractivity contribution in [2.75, 3.05) is 6.54 Å². The quantitative estimate of drug-likeness (QED) is 0.694. The van der Waals surface area contributed by atoms with Crippen molar-refractivity contribution >= 4 is 25.9 Å². The number of aromatic nitrogens is 1. The Morgan fingerprint density at radius 2 is 2.29 bits per heavy atom. The zero-order chi connectivity index (χ0) is 9.26. The minimum absolute atomic E-state index is 0. The van der Waals surface area contributed by atoms with E-state index in [1.165, 1.54) is 0 Å². The standard InChI is InChI=1S/C8H9N2O2P.ClH/c11-13(12)8-2-1-6-5-9-4-3-7(6)10-8;/h1-2,9H,3-5H2;1H/p+1. The molecule has 0 aliphatic carbocycles. The molecule has 1 aliphatic heterocycles. The predicted octanol–water partition coefficient (Wildman–Crippen LogP) is 0.509. The van der Waals surface area contributed by atoms with Crippen molar-refractivity contribution in [3.63, 3.8) is 0 Å². The van der Waals surface area contributed by atoms with Gasteiger partial charge in [-0.05, 0) is 16.2 Å². The van der Waals surface area contributed by atoms with Gasteiger partial charge in [-0.15, -0.1) is 12.4 Å². The largest absolute Gasteiger partial charge is 0.566 e. The monoisotopic (exact) mass is 233 g/mol. The molecular formula is C8H11ClN2O2P+. The number of hydrogen-bond acceptors (Lipinski definition) is 3. The van der Waals surface area contributed by atoms with Crippen LogP contribution in [-0.2, 0) is 17.5 Å². The number of nitrogens with zero attached hydrogens (tertiary/aromatic N) is 1. The van der Waals surface area contributed by atoms with Gasteiger partial charge in [0.15, 0.2) is 0 Å². The normalized spacial score (nSPS) is 15.4. The molecule has 1 aromatic rings. The van der Waals surface area contributed by atoms with Crippen LogP contribution in [0, 0.1) is 0 Å². The fraction of sp³-hybridized carbons (Fsp3) is 0.375. The Morgan fingerprint density at radius 1 is 1.50 bits per heavy atom. The predicted molar refractivity (Wildman–Crippen MR) is 56.4 cm³/mol. The van der Waals surface area contributed by atoms with Gasteiger partial charge in [-0.3, -0.25) is 0 Å². The first-order valence-corrected chi connectivity index (χ1v) is 5.34. The summed E-state index contributed by atoms with van der Waals surface area (Å²) in [5.74, 6) is 0. The maximum atomic E-state index is 10.8. The smallest absolute Gasteiger partial charge is 0.312 e. The van der Waals surface area contributed by atoms with Gasteiger partial charge < -0.3 is 5.32 Å². The van der Waals surface area contributed by atoms with Gasteiger partial charge in [0.1, 0.15) is 0 Å².